The van der Waals surface area contributed by atoms with E-state index >= 15 is 0 Å². The van der Waals surface area contributed by atoms with Crippen LogP contribution in [0.4, 0.5) is 4.39 Å². The normalized spacial score (nSPS) is 25.3. The van der Waals surface area contributed by atoms with E-state index in [0.717, 1.165) is 6.42 Å². The lowest BCUT2D eigenvalue weighted by Crippen LogP contribution is -2.29. The zero-order valence-electron chi connectivity index (χ0n) is 8.72. The molecule has 0 radical (unpaired) electrons. The second kappa shape index (κ2) is 3.65. The van der Waals surface area contributed by atoms with Gasteiger partial charge in [-0.15, -0.1) is 0 Å². The Morgan fingerprint density at radius 2 is 2.20 bits per heavy atom. The average molecular weight is 207 g/mol. The summed E-state index contributed by atoms with van der Waals surface area (Å²) >= 11 is 0. The van der Waals surface area contributed by atoms with E-state index in [1.807, 2.05) is 13.0 Å². The first-order chi connectivity index (χ1) is 7.18. The number of hydrogen-bond donors (Lipinski definition) is 1. The molecule has 1 atom stereocenters. The molecule has 1 saturated heterocycles. The van der Waals surface area contributed by atoms with E-state index in [1.54, 1.807) is 12.1 Å². The van der Waals surface area contributed by atoms with Crippen LogP contribution < -0.4 is 5.32 Å². The summed E-state index contributed by atoms with van der Waals surface area (Å²) in [5, 5.41) is 2.78. The van der Waals surface area contributed by atoms with Crippen molar-refractivity contribution in [3.05, 3.63) is 35.6 Å². The average Bonchev–Trinajstić information content (AvgIpc) is 2.62. The quantitative estimate of drug-likeness (QED) is 0.789. The van der Waals surface area contributed by atoms with Crippen molar-refractivity contribution in [2.45, 2.75) is 25.2 Å². The first kappa shape index (κ1) is 10.1. The van der Waals surface area contributed by atoms with Crippen molar-refractivity contribution in [2.24, 2.45) is 0 Å². The van der Waals surface area contributed by atoms with E-state index in [2.05, 4.69) is 5.32 Å². The molecule has 1 unspecified atom stereocenters. The van der Waals surface area contributed by atoms with Gasteiger partial charge in [-0.05, 0) is 18.1 Å². The van der Waals surface area contributed by atoms with Gasteiger partial charge in [-0.25, -0.2) is 4.39 Å². The molecule has 3 heteroatoms. The molecule has 80 valence electrons. The van der Waals surface area contributed by atoms with Crippen LogP contribution in [0.3, 0.4) is 0 Å². The highest BCUT2D eigenvalue weighted by atomic mass is 19.1. The maximum atomic E-state index is 13.7. The Morgan fingerprint density at radius 3 is 2.73 bits per heavy atom. The lowest BCUT2D eigenvalue weighted by atomic mass is 9.77. The number of benzene rings is 1. The van der Waals surface area contributed by atoms with Gasteiger partial charge in [0.25, 0.3) is 0 Å². The van der Waals surface area contributed by atoms with Gasteiger partial charge in [-0.3, -0.25) is 4.79 Å². The molecule has 0 bridgehead atoms. The van der Waals surface area contributed by atoms with E-state index < -0.39 is 0 Å². The van der Waals surface area contributed by atoms with Crippen molar-refractivity contribution in [1.29, 1.82) is 0 Å². The van der Waals surface area contributed by atoms with Crippen molar-refractivity contribution in [3.63, 3.8) is 0 Å². The summed E-state index contributed by atoms with van der Waals surface area (Å²) in [4.78, 5) is 11.3. The molecule has 1 aromatic carbocycles. The number of rotatable bonds is 2. The Labute approximate surface area is 88.5 Å². The summed E-state index contributed by atoms with van der Waals surface area (Å²) < 4.78 is 13.7. The molecule has 1 N–H and O–H groups in total. The third-order valence-electron chi connectivity index (χ3n) is 3.24. The van der Waals surface area contributed by atoms with Gasteiger partial charge in [0.1, 0.15) is 5.82 Å². The first-order valence-electron chi connectivity index (χ1n) is 5.20. The number of carbonyl (C=O) groups excluding carboxylic acids is 1. The number of carbonyl (C=O) groups is 1. The van der Waals surface area contributed by atoms with Gasteiger partial charge in [0.2, 0.25) is 5.91 Å². The van der Waals surface area contributed by atoms with Gasteiger partial charge in [-0.2, -0.15) is 0 Å². The number of amides is 1. The predicted octanol–water partition coefficient (Wildman–Crippen LogP) is 1.99. The summed E-state index contributed by atoms with van der Waals surface area (Å²) in [6, 6.07) is 6.72. The van der Waals surface area contributed by atoms with E-state index in [0.29, 0.717) is 18.5 Å². The minimum Gasteiger partial charge on any atom is -0.355 e. The van der Waals surface area contributed by atoms with E-state index in [4.69, 9.17) is 0 Å². The standard InChI is InChI=1S/C12H14FNO/c1-2-12(7-11(15)14-8-12)9-5-3-4-6-10(9)13/h3-6H,2,7-8H2,1H3,(H,14,15). The van der Waals surface area contributed by atoms with Crippen LogP contribution in [0.2, 0.25) is 0 Å². The fourth-order valence-electron chi connectivity index (χ4n) is 2.22. The minimum atomic E-state index is -0.345. The molecule has 1 heterocycles. The lowest BCUT2D eigenvalue weighted by molar-refractivity contribution is -0.119. The molecular weight excluding hydrogens is 193 g/mol. The van der Waals surface area contributed by atoms with E-state index in [9.17, 15) is 9.18 Å². The Morgan fingerprint density at radius 1 is 1.47 bits per heavy atom. The Bertz CT molecular complexity index is 391. The van der Waals surface area contributed by atoms with Crippen molar-refractivity contribution in [2.75, 3.05) is 6.54 Å². The van der Waals surface area contributed by atoms with Crippen LogP contribution in [-0.2, 0) is 10.2 Å². The Hall–Kier alpha value is -1.38. The van der Waals surface area contributed by atoms with Crippen LogP contribution in [0.5, 0.6) is 0 Å². The highest BCUT2D eigenvalue weighted by molar-refractivity contribution is 5.80. The van der Waals surface area contributed by atoms with Crippen LogP contribution in [0, 0.1) is 5.82 Å². The molecule has 0 aromatic heterocycles. The largest absolute Gasteiger partial charge is 0.355 e. The monoisotopic (exact) mass is 207 g/mol. The molecule has 1 aromatic rings. The Balaban J connectivity index is 2.43. The molecule has 15 heavy (non-hydrogen) atoms. The number of halogens is 1. The fourth-order valence-corrected chi connectivity index (χ4v) is 2.22. The lowest BCUT2D eigenvalue weighted by Gasteiger charge is -2.26. The summed E-state index contributed by atoms with van der Waals surface area (Å²) in [7, 11) is 0. The molecule has 0 saturated carbocycles. The highest BCUT2D eigenvalue weighted by Crippen LogP contribution is 2.35. The van der Waals surface area contributed by atoms with Gasteiger partial charge in [0.05, 0.1) is 0 Å². The van der Waals surface area contributed by atoms with Gasteiger partial charge in [0, 0.05) is 18.4 Å². The first-order valence-corrected chi connectivity index (χ1v) is 5.20. The molecule has 1 fully saturated rings. The number of nitrogens with one attached hydrogen (secondary N) is 1. The number of hydrogen-bond acceptors (Lipinski definition) is 1. The molecule has 0 aliphatic carbocycles. The van der Waals surface area contributed by atoms with E-state index in [1.165, 1.54) is 6.07 Å². The molecule has 2 nitrogen and oxygen atoms in total. The Kier molecular flexibility index (Phi) is 2.47. The molecule has 0 spiro atoms. The predicted molar refractivity (Wildman–Crippen MR) is 56.0 cm³/mol. The van der Waals surface area contributed by atoms with Gasteiger partial charge in [-0.1, -0.05) is 25.1 Å². The molecule has 1 aliphatic rings. The SMILES string of the molecule is CCC1(c2ccccc2F)CNC(=O)C1. The topological polar surface area (TPSA) is 29.1 Å². The summed E-state index contributed by atoms with van der Waals surface area (Å²) in [5.41, 5.74) is 0.313. The second-order valence-corrected chi connectivity index (χ2v) is 4.07. The van der Waals surface area contributed by atoms with Crippen molar-refractivity contribution >= 4 is 5.91 Å². The van der Waals surface area contributed by atoms with Crippen LogP contribution in [0.25, 0.3) is 0 Å². The third kappa shape index (κ3) is 1.62. The fraction of sp³-hybridized carbons (Fsp3) is 0.417. The van der Waals surface area contributed by atoms with Gasteiger partial charge < -0.3 is 5.32 Å². The van der Waals surface area contributed by atoms with Crippen molar-refractivity contribution in [1.82, 2.24) is 5.32 Å². The third-order valence-corrected chi connectivity index (χ3v) is 3.24. The van der Waals surface area contributed by atoms with Gasteiger partial charge >= 0.3 is 0 Å². The zero-order valence-corrected chi connectivity index (χ0v) is 8.72. The van der Waals surface area contributed by atoms with Crippen LogP contribution in [-0.4, -0.2) is 12.5 Å². The molecule has 2 rings (SSSR count). The van der Waals surface area contributed by atoms with Crippen LogP contribution in [0.15, 0.2) is 24.3 Å². The summed E-state index contributed by atoms with van der Waals surface area (Å²) in [6.07, 6.45) is 1.16. The van der Waals surface area contributed by atoms with Gasteiger partial charge in [0.15, 0.2) is 0 Å². The van der Waals surface area contributed by atoms with Crippen LogP contribution in [0.1, 0.15) is 25.3 Å². The summed E-state index contributed by atoms with van der Waals surface area (Å²) in [6.45, 7) is 2.54. The molecule has 1 amide bonds. The second-order valence-electron chi connectivity index (χ2n) is 4.07. The zero-order chi connectivity index (χ0) is 10.9. The van der Waals surface area contributed by atoms with E-state index in [-0.39, 0.29) is 17.1 Å². The van der Waals surface area contributed by atoms with Crippen molar-refractivity contribution < 1.29 is 9.18 Å². The highest BCUT2D eigenvalue weighted by Gasteiger charge is 2.39. The minimum absolute atomic E-state index is 0.0140. The van der Waals surface area contributed by atoms with Crippen LogP contribution >= 0.6 is 0 Å². The maximum absolute atomic E-state index is 13.7. The summed E-state index contributed by atoms with van der Waals surface area (Å²) in [5.74, 6) is -0.198. The smallest absolute Gasteiger partial charge is 0.220 e. The van der Waals surface area contributed by atoms with Crippen molar-refractivity contribution in [3.8, 4) is 0 Å². The molecule has 1 aliphatic heterocycles. The molecular formula is C12H14FNO. The maximum Gasteiger partial charge on any atom is 0.220 e.